The van der Waals surface area contributed by atoms with Crippen LogP contribution in [0.4, 0.5) is 23.8 Å². The summed E-state index contributed by atoms with van der Waals surface area (Å²) >= 11 is 0.959. The van der Waals surface area contributed by atoms with Gasteiger partial charge in [-0.25, -0.2) is 14.8 Å². The van der Waals surface area contributed by atoms with Gasteiger partial charge in [0, 0.05) is 38.5 Å². The van der Waals surface area contributed by atoms with Crippen LogP contribution in [0.2, 0.25) is 0 Å². The van der Waals surface area contributed by atoms with Crippen LogP contribution in [0.15, 0.2) is 12.3 Å². The molecule has 0 aliphatic heterocycles. The molecule has 2 rings (SSSR count). The molecule has 0 radical (unpaired) electrons. The van der Waals surface area contributed by atoms with Crippen LogP contribution < -0.4 is 21.4 Å². The Morgan fingerprint density at radius 3 is 2.79 bits per heavy atom. The molecule has 0 fully saturated rings. The van der Waals surface area contributed by atoms with Crippen LogP contribution in [-0.4, -0.2) is 50.7 Å². The highest BCUT2D eigenvalue weighted by Crippen LogP contribution is 2.37. The minimum Gasteiger partial charge on any atom is -0.383 e. The van der Waals surface area contributed by atoms with Crippen LogP contribution in [0.5, 0.6) is 0 Å². The summed E-state index contributed by atoms with van der Waals surface area (Å²) in [6.07, 6.45) is -3.07. The molecule has 28 heavy (non-hydrogen) atoms. The van der Waals surface area contributed by atoms with Gasteiger partial charge >= 0.3 is 12.2 Å². The Morgan fingerprint density at radius 2 is 2.14 bits per heavy atom. The van der Waals surface area contributed by atoms with Crippen LogP contribution in [0.1, 0.15) is 17.5 Å². The predicted molar refractivity (Wildman–Crippen MR) is 105 cm³/mol. The quantitative estimate of drug-likeness (QED) is 0.448. The number of methoxy groups -OCH3 is 1. The molecule has 7 nitrogen and oxygen atoms in total. The van der Waals surface area contributed by atoms with Crippen molar-refractivity contribution in [3.63, 3.8) is 0 Å². The molecule has 0 aliphatic carbocycles. The third kappa shape index (κ3) is 5.91. The Morgan fingerprint density at radius 1 is 1.39 bits per heavy atom. The minimum atomic E-state index is -4.56. The standard InChI is InChI=1S/C16H21BF3N5O2S/c1-3-22-15(26)24-12-6-9(10(17)7-23-12)14-25-13(16(18,19)20)11(28-14)8-21-4-5-27-2/h6-7,21H,3-5,8,17H2,1-2H3,(H2,22,23,24,26). The average molecular weight is 415 g/mol. The Labute approximate surface area is 165 Å². The van der Waals surface area contributed by atoms with Crippen molar-refractivity contribution in [2.24, 2.45) is 0 Å². The summed E-state index contributed by atoms with van der Waals surface area (Å²) in [4.78, 5) is 19.7. The Kier molecular flexibility index (Phi) is 7.78. The van der Waals surface area contributed by atoms with Gasteiger partial charge < -0.3 is 15.4 Å². The monoisotopic (exact) mass is 415 g/mol. The molecule has 0 unspecified atom stereocenters. The molecule has 0 spiro atoms. The lowest BCUT2D eigenvalue weighted by atomic mass is 9.93. The SMILES string of the molecule is Bc1cnc(NC(=O)NCC)cc1-c1nc(C(F)(F)F)c(CNCCOC)s1. The van der Waals surface area contributed by atoms with Crippen molar-refractivity contribution < 1.29 is 22.7 Å². The average Bonchev–Trinajstić information content (AvgIpc) is 3.05. The first-order valence-electron chi connectivity index (χ1n) is 8.54. The first-order valence-corrected chi connectivity index (χ1v) is 9.36. The molecular formula is C16H21BF3N5O2S. The van der Waals surface area contributed by atoms with Gasteiger partial charge in [-0.3, -0.25) is 5.32 Å². The molecule has 12 heteroatoms. The molecular weight excluding hydrogens is 394 g/mol. The molecule has 0 atom stereocenters. The number of rotatable bonds is 8. The fraction of sp³-hybridized carbons (Fsp3) is 0.438. The number of nitrogens with zero attached hydrogens (tertiary/aromatic N) is 2. The first-order chi connectivity index (χ1) is 13.3. The summed E-state index contributed by atoms with van der Waals surface area (Å²) in [7, 11) is 3.25. The van der Waals surface area contributed by atoms with Gasteiger partial charge in [0.1, 0.15) is 18.7 Å². The van der Waals surface area contributed by atoms with Crippen LogP contribution in [0, 0.1) is 0 Å². The van der Waals surface area contributed by atoms with E-state index >= 15 is 0 Å². The largest absolute Gasteiger partial charge is 0.434 e. The second-order valence-corrected chi connectivity index (χ2v) is 6.91. The van der Waals surface area contributed by atoms with Crippen LogP contribution in [0.25, 0.3) is 10.6 Å². The number of urea groups is 1. The third-order valence-corrected chi connectivity index (χ3v) is 4.74. The molecule has 0 bridgehead atoms. The number of carbonyl (C=O) groups is 1. The molecule has 2 heterocycles. The van der Waals surface area contributed by atoms with Crippen LogP contribution >= 0.6 is 11.3 Å². The Hall–Kier alpha value is -2.18. The maximum absolute atomic E-state index is 13.4. The fourth-order valence-corrected chi connectivity index (χ4v) is 3.46. The van der Waals surface area contributed by atoms with E-state index < -0.39 is 17.9 Å². The highest BCUT2D eigenvalue weighted by atomic mass is 32.1. The third-order valence-electron chi connectivity index (χ3n) is 3.65. The number of pyridine rings is 1. The normalized spacial score (nSPS) is 11.5. The van der Waals surface area contributed by atoms with E-state index in [1.54, 1.807) is 14.8 Å². The zero-order valence-electron chi connectivity index (χ0n) is 15.7. The number of halogens is 3. The van der Waals surface area contributed by atoms with Gasteiger partial charge in [-0.1, -0.05) is 5.46 Å². The molecule has 2 amide bonds. The lowest BCUT2D eigenvalue weighted by Gasteiger charge is -2.08. The lowest BCUT2D eigenvalue weighted by molar-refractivity contribution is -0.141. The van der Waals surface area contributed by atoms with Crippen molar-refractivity contribution in [2.75, 3.05) is 32.1 Å². The minimum absolute atomic E-state index is 0.0318. The zero-order valence-corrected chi connectivity index (χ0v) is 16.6. The van der Waals surface area contributed by atoms with E-state index in [1.807, 2.05) is 0 Å². The van der Waals surface area contributed by atoms with E-state index in [1.165, 1.54) is 19.4 Å². The molecule has 3 N–H and O–H groups in total. The first kappa shape index (κ1) is 22.1. The topological polar surface area (TPSA) is 88.2 Å². The van der Waals surface area contributed by atoms with Crippen molar-refractivity contribution in [1.29, 1.82) is 0 Å². The highest BCUT2D eigenvalue weighted by molar-refractivity contribution is 7.15. The summed E-state index contributed by atoms with van der Waals surface area (Å²) < 4.78 is 45.1. The van der Waals surface area contributed by atoms with E-state index in [9.17, 15) is 18.0 Å². The van der Waals surface area contributed by atoms with Gasteiger partial charge in [0.15, 0.2) is 5.69 Å². The van der Waals surface area contributed by atoms with Crippen molar-refractivity contribution in [1.82, 2.24) is 20.6 Å². The van der Waals surface area contributed by atoms with Gasteiger partial charge in [-0.05, 0) is 13.0 Å². The number of anilines is 1. The van der Waals surface area contributed by atoms with Gasteiger partial charge in [0.25, 0.3) is 0 Å². The number of hydrogen-bond donors (Lipinski definition) is 3. The number of aromatic nitrogens is 2. The number of alkyl halides is 3. The maximum atomic E-state index is 13.4. The lowest BCUT2D eigenvalue weighted by Crippen LogP contribution is -2.28. The predicted octanol–water partition coefficient (Wildman–Crippen LogP) is 1.36. The Bertz CT molecular complexity index is 816. The number of amides is 2. The highest BCUT2D eigenvalue weighted by Gasteiger charge is 2.37. The van der Waals surface area contributed by atoms with Crippen LogP contribution in [0.3, 0.4) is 0 Å². The molecule has 0 saturated carbocycles. The number of nitrogens with one attached hydrogen (secondary N) is 3. The van der Waals surface area contributed by atoms with E-state index in [-0.39, 0.29) is 22.2 Å². The van der Waals surface area contributed by atoms with E-state index in [4.69, 9.17) is 4.74 Å². The summed E-state index contributed by atoms with van der Waals surface area (Å²) in [6.45, 7) is 3.06. The second-order valence-electron chi connectivity index (χ2n) is 5.83. The second kappa shape index (κ2) is 9.85. The molecule has 0 aliphatic rings. The summed E-state index contributed by atoms with van der Waals surface area (Å²) in [5.41, 5.74) is 0.232. The molecule has 2 aromatic rings. The van der Waals surface area contributed by atoms with E-state index in [2.05, 4.69) is 25.9 Å². The zero-order chi connectivity index (χ0) is 20.7. The molecule has 152 valence electrons. The van der Waals surface area contributed by atoms with Crippen LogP contribution in [-0.2, 0) is 17.5 Å². The summed E-state index contributed by atoms with van der Waals surface area (Å²) in [5, 5.41) is 8.24. The van der Waals surface area contributed by atoms with Gasteiger partial charge in [0.2, 0.25) is 0 Å². The number of thiazole rings is 1. The molecule has 0 aromatic carbocycles. The number of hydrogen-bond acceptors (Lipinski definition) is 6. The Balaban J connectivity index is 2.33. The van der Waals surface area contributed by atoms with E-state index in [0.717, 1.165) is 11.3 Å². The van der Waals surface area contributed by atoms with Crippen molar-refractivity contribution in [2.45, 2.75) is 19.6 Å². The van der Waals surface area contributed by atoms with Crippen molar-refractivity contribution >= 4 is 36.5 Å². The number of ether oxygens (including phenoxy) is 1. The van der Waals surface area contributed by atoms with Crippen molar-refractivity contribution in [3.8, 4) is 10.6 Å². The molecule has 2 aromatic heterocycles. The van der Waals surface area contributed by atoms with E-state index in [0.29, 0.717) is 30.7 Å². The van der Waals surface area contributed by atoms with Crippen molar-refractivity contribution in [3.05, 3.63) is 22.8 Å². The smallest absolute Gasteiger partial charge is 0.383 e. The van der Waals surface area contributed by atoms with Gasteiger partial charge in [-0.2, -0.15) is 13.2 Å². The maximum Gasteiger partial charge on any atom is 0.434 e. The van der Waals surface area contributed by atoms with Gasteiger partial charge in [0.05, 0.1) is 11.5 Å². The summed E-state index contributed by atoms with van der Waals surface area (Å²) in [5.74, 6) is 0.232. The molecule has 0 saturated heterocycles. The number of carbonyl (C=O) groups excluding carboxylic acids is 1. The fourth-order valence-electron chi connectivity index (χ4n) is 2.33. The summed E-state index contributed by atoms with van der Waals surface area (Å²) in [6, 6.07) is 1.08. The van der Waals surface area contributed by atoms with Gasteiger partial charge in [-0.15, -0.1) is 11.3 Å².